The van der Waals surface area contributed by atoms with Crippen LogP contribution in [0.3, 0.4) is 0 Å². The third-order valence-corrected chi connectivity index (χ3v) is 4.46. The number of aromatic nitrogens is 7. The molecule has 1 saturated heterocycles. The van der Waals surface area contributed by atoms with Gasteiger partial charge in [0.2, 0.25) is 11.9 Å². The second-order valence-electron chi connectivity index (χ2n) is 6.03. The van der Waals surface area contributed by atoms with E-state index < -0.39 is 0 Å². The quantitative estimate of drug-likeness (QED) is 0.715. The maximum absolute atomic E-state index is 12.8. The van der Waals surface area contributed by atoms with Crippen molar-refractivity contribution < 1.29 is 4.79 Å². The van der Waals surface area contributed by atoms with Crippen LogP contribution in [0.1, 0.15) is 12.8 Å². The van der Waals surface area contributed by atoms with Crippen molar-refractivity contribution in [2.24, 2.45) is 5.92 Å². The third-order valence-electron chi connectivity index (χ3n) is 4.26. The lowest BCUT2D eigenvalue weighted by molar-refractivity contribution is -0.120. The third kappa shape index (κ3) is 3.85. The monoisotopic (exact) mass is 385 g/mol. The van der Waals surface area contributed by atoms with Crippen LogP contribution in [-0.4, -0.2) is 53.9 Å². The summed E-state index contributed by atoms with van der Waals surface area (Å²) in [5, 5.41) is 15.2. The molecular weight excluding hydrogens is 370 g/mol. The smallest absolute Gasteiger partial charge is 0.253 e. The van der Waals surface area contributed by atoms with Crippen molar-refractivity contribution in [2.45, 2.75) is 12.8 Å². The minimum Gasteiger partial charge on any atom is -0.354 e. The normalized spacial score (nSPS) is 16.9. The fraction of sp³-hybridized carbons (Fsp3) is 0.312. The Morgan fingerprint density at radius 1 is 1.19 bits per heavy atom. The Kier molecular flexibility index (Phi) is 4.88. The minimum absolute atomic E-state index is 0.133. The Morgan fingerprint density at radius 3 is 2.81 bits per heavy atom. The van der Waals surface area contributed by atoms with Gasteiger partial charge in [0.05, 0.1) is 5.92 Å². The summed E-state index contributed by atoms with van der Waals surface area (Å²) in [5.41, 5.74) is 0. The van der Waals surface area contributed by atoms with Gasteiger partial charge >= 0.3 is 0 Å². The molecule has 3 aromatic heterocycles. The van der Waals surface area contributed by atoms with Crippen LogP contribution in [0.4, 0.5) is 11.8 Å². The Balaban J connectivity index is 1.46. The van der Waals surface area contributed by atoms with E-state index in [0.29, 0.717) is 23.5 Å². The van der Waals surface area contributed by atoms with Gasteiger partial charge in [-0.05, 0) is 31.0 Å². The molecule has 1 unspecified atom stereocenters. The summed E-state index contributed by atoms with van der Waals surface area (Å²) in [4.78, 5) is 27.1. The standard InChI is InChI=1S/C16H16ClN9O/c17-12-4-5-13(24-23-12)25-8-1-3-11(9-25)14(27)22-16-20-10-21-26(16)15-18-6-2-7-19-15/h2,4-7,10-11H,1,3,8-9H2,(H,20,21,22,27). The van der Waals surface area contributed by atoms with Crippen LogP contribution >= 0.6 is 11.6 Å². The number of rotatable bonds is 4. The predicted molar refractivity (Wildman–Crippen MR) is 97.6 cm³/mol. The van der Waals surface area contributed by atoms with Gasteiger partial charge < -0.3 is 4.90 Å². The average Bonchev–Trinajstić information content (AvgIpc) is 3.17. The molecule has 4 rings (SSSR count). The largest absolute Gasteiger partial charge is 0.354 e. The summed E-state index contributed by atoms with van der Waals surface area (Å²) in [5.74, 6) is 0.990. The summed E-state index contributed by atoms with van der Waals surface area (Å²) >= 11 is 5.79. The molecule has 1 fully saturated rings. The van der Waals surface area contributed by atoms with Crippen LogP contribution in [0.15, 0.2) is 36.9 Å². The number of carbonyl (C=O) groups excluding carboxylic acids is 1. The fourth-order valence-corrected chi connectivity index (χ4v) is 3.06. The first kappa shape index (κ1) is 17.3. The summed E-state index contributed by atoms with van der Waals surface area (Å²) in [6.07, 6.45) is 6.20. The summed E-state index contributed by atoms with van der Waals surface area (Å²) in [6, 6.07) is 5.20. The van der Waals surface area contributed by atoms with E-state index in [1.807, 2.05) is 4.90 Å². The minimum atomic E-state index is -0.210. The highest BCUT2D eigenvalue weighted by Gasteiger charge is 2.28. The lowest BCUT2D eigenvalue weighted by atomic mass is 9.97. The van der Waals surface area contributed by atoms with Crippen molar-refractivity contribution in [1.82, 2.24) is 34.9 Å². The number of anilines is 2. The SMILES string of the molecule is O=C(Nc1ncnn1-c1ncccn1)C1CCCN(c2ccc(Cl)nn2)C1. The topological polar surface area (TPSA) is 115 Å². The van der Waals surface area contributed by atoms with E-state index >= 15 is 0 Å². The van der Waals surface area contributed by atoms with E-state index in [1.54, 1.807) is 30.6 Å². The Morgan fingerprint density at radius 2 is 2.04 bits per heavy atom. The van der Waals surface area contributed by atoms with Crippen LogP contribution in [0.2, 0.25) is 5.15 Å². The number of piperidine rings is 1. The zero-order valence-electron chi connectivity index (χ0n) is 14.2. The number of nitrogens with zero attached hydrogens (tertiary/aromatic N) is 8. The van der Waals surface area contributed by atoms with Crippen LogP contribution in [0.25, 0.3) is 5.95 Å². The van der Waals surface area contributed by atoms with Gasteiger partial charge in [-0.15, -0.1) is 10.2 Å². The van der Waals surface area contributed by atoms with Crippen molar-refractivity contribution in [1.29, 1.82) is 0 Å². The first-order chi connectivity index (χ1) is 13.2. The molecule has 4 heterocycles. The molecule has 10 nitrogen and oxygen atoms in total. The van der Waals surface area contributed by atoms with Gasteiger partial charge in [-0.1, -0.05) is 11.6 Å². The summed E-state index contributed by atoms with van der Waals surface area (Å²) < 4.78 is 1.39. The maximum Gasteiger partial charge on any atom is 0.253 e. The Labute approximate surface area is 159 Å². The molecule has 0 aromatic carbocycles. The average molecular weight is 386 g/mol. The summed E-state index contributed by atoms with van der Waals surface area (Å²) in [6.45, 7) is 1.35. The first-order valence-electron chi connectivity index (χ1n) is 8.43. The van der Waals surface area contributed by atoms with E-state index in [1.165, 1.54) is 11.0 Å². The molecule has 1 atom stereocenters. The van der Waals surface area contributed by atoms with Crippen LogP contribution < -0.4 is 10.2 Å². The number of amides is 1. The second kappa shape index (κ2) is 7.62. The number of hydrogen-bond donors (Lipinski definition) is 1. The number of hydrogen-bond acceptors (Lipinski definition) is 8. The molecule has 1 aliphatic rings. The van der Waals surface area contributed by atoms with E-state index in [4.69, 9.17) is 11.6 Å². The van der Waals surface area contributed by atoms with Crippen molar-refractivity contribution in [3.8, 4) is 5.95 Å². The molecule has 1 aliphatic heterocycles. The van der Waals surface area contributed by atoms with Crippen molar-refractivity contribution in [3.05, 3.63) is 42.1 Å². The van der Waals surface area contributed by atoms with Gasteiger partial charge in [0.15, 0.2) is 11.0 Å². The van der Waals surface area contributed by atoms with Crippen LogP contribution in [-0.2, 0) is 4.79 Å². The van der Waals surface area contributed by atoms with Gasteiger partial charge in [0.1, 0.15) is 6.33 Å². The highest BCUT2D eigenvalue weighted by molar-refractivity contribution is 6.29. The molecule has 0 bridgehead atoms. The zero-order valence-corrected chi connectivity index (χ0v) is 15.0. The number of halogens is 1. The molecule has 1 N–H and O–H groups in total. The van der Waals surface area contributed by atoms with Crippen LogP contribution in [0.5, 0.6) is 0 Å². The van der Waals surface area contributed by atoms with E-state index in [-0.39, 0.29) is 17.8 Å². The molecule has 0 aliphatic carbocycles. The first-order valence-corrected chi connectivity index (χ1v) is 8.81. The van der Waals surface area contributed by atoms with Crippen molar-refractivity contribution in [2.75, 3.05) is 23.3 Å². The zero-order chi connectivity index (χ0) is 18.6. The molecule has 0 radical (unpaired) electrons. The van der Waals surface area contributed by atoms with E-state index in [9.17, 15) is 4.79 Å². The Hall–Kier alpha value is -3.14. The van der Waals surface area contributed by atoms with Gasteiger partial charge in [-0.2, -0.15) is 14.8 Å². The molecule has 1 amide bonds. The van der Waals surface area contributed by atoms with E-state index in [0.717, 1.165) is 19.4 Å². The highest BCUT2D eigenvalue weighted by atomic mass is 35.5. The molecule has 11 heteroatoms. The highest BCUT2D eigenvalue weighted by Crippen LogP contribution is 2.23. The molecule has 0 spiro atoms. The lowest BCUT2D eigenvalue weighted by Gasteiger charge is -2.32. The fourth-order valence-electron chi connectivity index (χ4n) is 2.96. The Bertz CT molecular complexity index is 915. The van der Waals surface area contributed by atoms with Gasteiger partial charge in [-0.25, -0.2) is 9.97 Å². The van der Waals surface area contributed by atoms with Crippen molar-refractivity contribution >= 4 is 29.3 Å². The molecule has 0 saturated carbocycles. The predicted octanol–water partition coefficient (Wildman–Crippen LogP) is 1.36. The number of nitrogens with one attached hydrogen (secondary N) is 1. The number of carbonyl (C=O) groups is 1. The second-order valence-corrected chi connectivity index (χ2v) is 6.42. The van der Waals surface area contributed by atoms with Crippen molar-refractivity contribution in [3.63, 3.8) is 0 Å². The van der Waals surface area contributed by atoms with Gasteiger partial charge in [0.25, 0.3) is 5.95 Å². The van der Waals surface area contributed by atoms with E-state index in [2.05, 4.69) is 35.6 Å². The molecule has 3 aromatic rings. The molecule has 27 heavy (non-hydrogen) atoms. The van der Waals surface area contributed by atoms with Gasteiger partial charge in [0, 0.05) is 25.5 Å². The maximum atomic E-state index is 12.8. The lowest BCUT2D eigenvalue weighted by Crippen LogP contribution is -2.41. The van der Waals surface area contributed by atoms with Crippen LogP contribution in [0, 0.1) is 5.92 Å². The molecular formula is C16H16ClN9O. The summed E-state index contributed by atoms with van der Waals surface area (Å²) in [7, 11) is 0. The molecule has 138 valence electrons. The van der Waals surface area contributed by atoms with Gasteiger partial charge in [-0.3, -0.25) is 10.1 Å².